The van der Waals surface area contributed by atoms with Crippen molar-refractivity contribution < 1.29 is 8.78 Å². The fraction of sp³-hybridized carbons (Fsp3) is 0. The lowest BCUT2D eigenvalue weighted by Gasteiger charge is -2.09. The topological polar surface area (TPSA) is 62.7 Å². The van der Waals surface area contributed by atoms with E-state index in [0.717, 1.165) is 12.1 Å². The Labute approximate surface area is 145 Å². The van der Waals surface area contributed by atoms with Crippen LogP contribution < -0.4 is 10.6 Å². The summed E-state index contributed by atoms with van der Waals surface area (Å²) in [5, 5.41) is 14.2. The van der Waals surface area contributed by atoms with Crippen molar-refractivity contribution in [1.29, 1.82) is 0 Å². The molecule has 0 spiro atoms. The van der Waals surface area contributed by atoms with E-state index in [1.54, 1.807) is 18.2 Å². The number of benzene rings is 2. The first kappa shape index (κ1) is 16.4. The first-order valence-corrected chi connectivity index (χ1v) is 7.41. The molecule has 0 atom stereocenters. The van der Waals surface area contributed by atoms with E-state index in [1.807, 2.05) is 0 Å². The van der Waals surface area contributed by atoms with E-state index in [4.69, 9.17) is 23.2 Å². The molecule has 0 saturated heterocycles. The monoisotopic (exact) mass is 367 g/mol. The molecule has 24 heavy (non-hydrogen) atoms. The molecule has 1 aromatic heterocycles. The van der Waals surface area contributed by atoms with Crippen LogP contribution in [0, 0.1) is 11.6 Å². The van der Waals surface area contributed by atoms with Crippen molar-refractivity contribution in [2.24, 2.45) is 0 Å². The number of hydrogen-bond acceptors (Lipinski definition) is 5. The number of nitrogens with zero attached hydrogens (tertiary/aromatic N) is 3. The second kappa shape index (κ2) is 6.94. The number of anilines is 4. The standard InChI is InChI=1S/C15H9Cl2F2N5/c16-8-1-3-10(17)13(5-8)22-14-7-20-24-15(23-14)21-9-2-4-11(18)12(19)6-9/h1-7H,(H2,21,22,23,24). The van der Waals surface area contributed by atoms with Crippen LogP contribution in [0.25, 0.3) is 0 Å². The van der Waals surface area contributed by atoms with Crippen LogP contribution in [0.1, 0.15) is 0 Å². The van der Waals surface area contributed by atoms with Gasteiger partial charge in [0.1, 0.15) is 0 Å². The van der Waals surface area contributed by atoms with Gasteiger partial charge in [0.2, 0.25) is 5.95 Å². The van der Waals surface area contributed by atoms with Gasteiger partial charge in [0.05, 0.1) is 16.9 Å². The number of aromatic nitrogens is 3. The smallest absolute Gasteiger partial charge is 0.249 e. The highest BCUT2D eigenvalue weighted by atomic mass is 35.5. The molecule has 0 bridgehead atoms. The van der Waals surface area contributed by atoms with Crippen LogP contribution in [0.5, 0.6) is 0 Å². The largest absolute Gasteiger partial charge is 0.338 e. The second-order valence-corrected chi connectivity index (χ2v) is 5.51. The van der Waals surface area contributed by atoms with Gasteiger partial charge in [0.15, 0.2) is 17.5 Å². The van der Waals surface area contributed by atoms with Crippen molar-refractivity contribution >= 4 is 46.3 Å². The molecule has 3 rings (SSSR count). The van der Waals surface area contributed by atoms with Gasteiger partial charge in [-0.05, 0) is 30.3 Å². The quantitative estimate of drug-likeness (QED) is 0.683. The minimum atomic E-state index is -0.979. The fourth-order valence-corrected chi connectivity index (χ4v) is 2.19. The minimum Gasteiger partial charge on any atom is -0.338 e. The summed E-state index contributed by atoms with van der Waals surface area (Å²) in [5.41, 5.74) is 0.831. The molecule has 0 amide bonds. The molecule has 0 aliphatic rings. The predicted octanol–water partition coefficient (Wildman–Crippen LogP) is 4.94. The fourth-order valence-electron chi connectivity index (χ4n) is 1.85. The summed E-state index contributed by atoms with van der Waals surface area (Å²) in [6, 6.07) is 8.28. The zero-order valence-corrected chi connectivity index (χ0v) is 13.4. The second-order valence-electron chi connectivity index (χ2n) is 4.67. The molecule has 0 aliphatic carbocycles. The Bertz CT molecular complexity index is 891. The van der Waals surface area contributed by atoms with E-state index in [0.29, 0.717) is 21.6 Å². The van der Waals surface area contributed by atoms with Crippen LogP contribution >= 0.6 is 23.2 Å². The summed E-state index contributed by atoms with van der Waals surface area (Å²) < 4.78 is 26.2. The predicted molar refractivity (Wildman–Crippen MR) is 89.2 cm³/mol. The Balaban J connectivity index is 1.81. The van der Waals surface area contributed by atoms with Gasteiger partial charge in [-0.1, -0.05) is 23.2 Å². The SMILES string of the molecule is Fc1ccc(Nc2nncc(Nc3cc(Cl)ccc3Cl)n2)cc1F. The van der Waals surface area contributed by atoms with E-state index in [2.05, 4.69) is 25.8 Å². The molecule has 0 saturated carbocycles. The molecule has 1 heterocycles. The summed E-state index contributed by atoms with van der Waals surface area (Å²) in [6.45, 7) is 0. The Morgan fingerprint density at radius 2 is 1.75 bits per heavy atom. The molecule has 0 radical (unpaired) electrons. The van der Waals surface area contributed by atoms with Gasteiger partial charge < -0.3 is 10.6 Å². The van der Waals surface area contributed by atoms with Crippen LogP contribution in [-0.2, 0) is 0 Å². The van der Waals surface area contributed by atoms with Crippen molar-refractivity contribution in [3.8, 4) is 0 Å². The molecule has 2 aromatic carbocycles. The molecule has 5 nitrogen and oxygen atoms in total. The molecule has 3 aromatic rings. The van der Waals surface area contributed by atoms with Crippen molar-refractivity contribution in [3.63, 3.8) is 0 Å². The van der Waals surface area contributed by atoms with Crippen LogP contribution in [0.3, 0.4) is 0 Å². The zero-order chi connectivity index (χ0) is 17.1. The van der Waals surface area contributed by atoms with Crippen LogP contribution in [0.15, 0.2) is 42.6 Å². The van der Waals surface area contributed by atoms with Crippen LogP contribution in [-0.4, -0.2) is 15.2 Å². The number of halogens is 4. The van der Waals surface area contributed by atoms with Gasteiger partial charge >= 0.3 is 0 Å². The Morgan fingerprint density at radius 1 is 0.917 bits per heavy atom. The van der Waals surface area contributed by atoms with E-state index < -0.39 is 11.6 Å². The normalized spacial score (nSPS) is 10.5. The lowest BCUT2D eigenvalue weighted by molar-refractivity contribution is 0.509. The molecule has 2 N–H and O–H groups in total. The maximum absolute atomic E-state index is 13.2. The third-order valence-electron chi connectivity index (χ3n) is 2.93. The Hall–Kier alpha value is -2.51. The van der Waals surface area contributed by atoms with Gasteiger partial charge in [-0.3, -0.25) is 0 Å². The third-order valence-corrected chi connectivity index (χ3v) is 3.49. The first-order valence-electron chi connectivity index (χ1n) is 6.65. The Kier molecular flexibility index (Phi) is 4.73. The van der Waals surface area contributed by atoms with Crippen molar-refractivity contribution in [1.82, 2.24) is 15.2 Å². The number of hydrogen-bond donors (Lipinski definition) is 2. The summed E-state index contributed by atoms with van der Waals surface area (Å²) in [7, 11) is 0. The number of rotatable bonds is 4. The zero-order valence-electron chi connectivity index (χ0n) is 11.9. The van der Waals surface area contributed by atoms with Crippen molar-refractivity contribution in [2.75, 3.05) is 10.6 Å². The van der Waals surface area contributed by atoms with Gasteiger partial charge in [-0.2, -0.15) is 10.1 Å². The van der Waals surface area contributed by atoms with E-state index >= 15 is 0 Å². The van der Waals surface area contributed by atoms with Gasteiger partial charge in [-0.25, -0.2) is 8.78 Å². The van der Waals surface area contributed by atoms with E-state index in [9.17, 15) is 8.78 Å². The average Bonchev–Trinajstić information content (AvgIpc) is 2.55. The molecule has 122 valence electrons. The Morgan fingerprint density at radius 3 is 2.54 bits per heavy atom. The molecule has 9 heteroatoms. The first-order chi connectivity index (χ1) is 11.5. The van der Waals surface area contributed by atoms with E-state index in [-0.39, 0.29) is 11.6 Å². The highest BCUT2D eigenvalue weighted by Crippen LogP contribution is 2.28. The van der Waals surface area contributed by atoms with Gasteiger partial charge in [0.25, 0.3) is 0 Å². The summed E-state index contributed by atoms with van der Waals surface area (Å²) in [4.78, 5) is 4.17. The highest BCUT2D eigenvalue weighted by molar-refractivity contribution is 6.35. The minimum absolute atomic E-state index is 0.101. The summed E-state index contributed by atoms with van der Waals surface area (Å²) in [6.07, 6.45) is 1.38. The maximum Gasteiger partial charge on any atom is 0.249 e. The molecule has 0 unspecified atom stereocenters. The van der Waals surface area contributed by atoms with E-state index in [1.165, 1.54) is 12.3 Å². The highest BCUT2D eigenvalue weighted by Gasteiger charge is 2.07. The van der Waals surface area contributed by atoms with Crippen LogP contribution in [0.2, 0.25) is 10.0 Å². The average molecular weight is 368 g/mol. The maximum atomic E-state index is 13.2. The van der Waals surface area contributed by atoms with Crippen LogP contribution in [0.4, 0.5) is 31.9 Å². The molecule has 0 fully saturated rings. The van der Waals surface area contributed by atoms with Gasteiger partial charge in [0, 0.05) is 16.8 Å². The van der Waals surface area contributed by atoms with Gasteiger partial charge in [-0.15, -0.1) is 5.10 Å². The lowest BCUT2D eigenvalue weighted by atomic mass is 10.3. The van der Waals surface area contributed by atoms with Crippen molar-refractivity contribution in [2.45, 2.75) is 0 Å². The van der Waals surface area contributed by atoms with Crippen molar-refractivity contribution in [3.05, 3.63) is 64.3 Å². The molecule has 0 aliphatic heterocycles. The summed E-state index contributed by atoms with van der Waals surface area (Å²) >= 11 is 12.0. The lowest BCUT2D eigenvalue weighted by Crippen LogP contribution is -2.03. The molecular weight excluding hydrogens is 359 g/mol. The summed E-state index contributed by atoms with van der Waals surface area (Å²) in [5.74, 6) is -1.47. The molecular formula is C15H9Cl2F2N5. The third kappa shape index (κ3) is 3.87. The number of nitrogens with one attached hydrogen (secondary N) is 2.